The van der Waals surface area contributed by atoms with Crippen LogP contribution < -0.4 is 37.6 Å². The molecule has 0 heterocycles. The van der Waals surface area contributed by atoms with Gasteiger partial charge in [-0.2, -0.15) is 0 Å². The smallest absolute Gasteiger partial charge is 0.126 e. The van der Waals surface area contributed by atoms with Gasteiger partial charge in [-0.15, -0.1) is 0 Å². The summed E-state index contributed by atoms with van der Waals surface area (Å²) < 4.78 is 6.25. The highest BCUT2D eigenvalue weighted by atomic mass is 79.9. The molecular formula is C29H30BrOP. The van der Waals surface area contributed by atoms with Crippen molar-refractivity contribution in [1.29, 1.82) is 0 Å². The molecule has 0 saturated carbocycles. The fraction of sp³-hybridized carbons (Fsp3) is 0.172. The summed E-state index contributed by atoms with van der Waals surface area (Å²) in [4.78, 5) is 0. The Morgan fingerprint density at radius 2 is 1.03 bits per heavy atom. The summed E-state index contributed by atoms with van der Waals surface area (Å²) in [7, 11) is -1.92. The molecule has 0 aliphatic heterocycles. The second kappa shape index (κ2) is 12.0. The number of benzene rings is 4. The summed E-state index contributed by atoms with van der Waals surface area (Å²) in [6, 6.07) is 41.7. The van der Waals surface area contributed by atoms with Crippen LogP contribution in [-0.4, -0.2) is 6.61 Å². The van der Waals surface area contributed by atoms with E-state index < -0.39 is 7.26 Å². The quantitative estimate of drug-likeness (QED) is 0.251. The predicted molar refractivity (Wildman–Crippen MR) is 136 cm³/mol. The maximum Gasteiger partial charge on any atom is 0.126 e. The normalized spacial score (nSPS) is 10.9. The van der Waals surface area contributed by atoms with Crippen molar-refractivity contribution in [2.45, 2.75) is 25.9 Å². The van der Waals surface area contributed by atoms with Gasteiger partial charge in [-0.3, -0.25) is 0 Å². The van der Waals surface area contributed by atoms with Gasteiger partial charge in [0, 0.05) is 5.56 Å². The van der Waals surface area contributed by atoms with Crippen LogP contribution >= 0.6 is 7.26 Å². The zero-order chi connectivity index (χ0) is 21.4. The first-order valence-corrected chi connectivity index (χ1v) is 13.1. The molecular weight excluding hydrogens is 475 g/mol. The molecule has 4 rings (SSSR count). The first-order valence-electron chi connectivity index (χ1n) is 11.1. The van der Waals surface area contributed by atoms with Crippen LogP contribution in [0.2, 0.25) is 0 Å². The molecule has 0 aliphatic carbocycles. The molecule has 32 heavy (non-hydrogen) atoms. The maximum absolute atomic E-state index is 6.25. The Bertz CT molecular complexity index is 971. The Morgan fingerprint density at radius 3 is 1.50 bits per heavy atom. The minimum absolute atomic E-state index is 0. The van der Waals surface area contributed by atoms with Crippen LogP contribution in [0.5, 0.6) is 5.75 Å². The molecule has 0 N–H and O–H groups in total. The first kappa shape index (κ1) is 24.2. The molecule has 4 aromatic carbocycles. The summed E-state index contributed by atoms with van der Waals surface area (Å²) in [5, 5.41) is 4.20. The van der Waals surface area contributed by atoms with E-state index in [0.29, 0.717) is 0 Å². The third-order valence-corrected chi connectivity index (χ3v) is 10.1. The molecule has 0 aliphatic rings. The Labute approximate surface area is 203 Å². The Morgan fingerprint density at radius 1 is 0.594 bits per heavy atom. The van der Waals surface area contributed by atoms with Gasteiger partial charge in [0.2, 0.25) is 0 Å². The van der Waals surface area contributed by atoms with Crippen LogP contribution in [0.1, 0.15) is 25.3 Å². The SMILES string of the molecule is CCCCOc1ccccc1C[P+](c1ccccc1)(c1ccccc1)c1ccccc1.[Br-]. The van der Waals surface area contributed by atoms with Gasteiger partial charge >= 0.3 is 0 Å². The number of hydrogen-bond donors (Lipinski definition) is 0. The molecule has 0 atom stereocenters. The molecule has 0 aromatic heterocycles. The van der Waals surface area contributed by atoms with Crippen molar-refractivity contribution in [3.8, 4) is 5.75 Å². The van der Waals surface area contributed by atoms with E-state index in [-0.39, 0.29) is 17.0 Å². The van der Waals surface area contributed by atoms with Crippen LogP contribution in [0.4, 0.5) is 0 Å². The Hall–Kier alpha value is -2.41. The average Bonchev–Trinajstić information content (AvgIpc) is 2.85. The number of halogens is 1. The standard InChI is InChI=1S/C29H30OP.BrH/c1-2-3-23-30-29-22-14-13-15-25(29)24-31(26-16-7-4-8-17-26,27-18-9-5-10-19-27)28-20-11-6-12-21-28;/h4-22H,2-3,23-24H2,1H3;1H/q+1;/p-1. The minimum Gasteiger partial charge on any atom is -1.00 e. The molecule has 0 radical (unpaired) electrons. The summed E-state index contributed by atoms with van der Waals surface area (Å²) in [6.45, 7) is 2.97. The lowest BCUT2D eigenvalue weighted by Crippen LogP contribution is -3.00. The van der Waals surface area contributed by atoms with Crippen molar-refractivity contribution in [2.75, 3.05) is 6.61 Å². The van der Waals surface area contributed by atoms with E-state index in [4.69, 9.17) is 4.74 Å². The van der Waals surface area contributed by atoms with Gasteiger partial charge in [0.25, 0.3) is 0 Å². The molecule has 0 fully saturated rings. The van der Waals surface area contributed by atoms with Crippen molar-refractivity contribution in [2.24, 2.45) is 0 Å². The van der Waals surface area contributed by atoms with E-state index in [9.17, 15) is 0 Å². The summed E-state index contributed by atoms with van der Waals surface area (Å²) in [5.74, 6) is 1.02. The lowest BCUT2D eigenvalue weighted by Gasteiger charge is -2.28. The zero-order valence-corrected chi connectivity index (χ0v) is 21.0. The molecule has 0 unspecified atom stereocenters. The van der Waals surface area contributed by atoms with E-state index in [1.807, 2.05) is 0 Å². The average molecular weight is 505 g/mol. The highest BCUT2D eigenvalue weighted by molar-refractivity contribution is 7.95. The van der Waals surface area contributed by atoms with E-state index in [0.717, 1.165) is 31.4 Å². The Balaban J connectivity index is 0.00000289. The van der Waals surface area contributed by atoms with E-state index in [1.165, 1.54) is 21.5 Å². The molecule has 1 nitrogen and oxygen atoms in total. The van der Waals surface area contributed by atoms with Crippen molar-refractivity contribution >= 4 is 23.2 Å². The lowest BCUT2D eigenvalue weighted by molar-refractivity contribution is -0.00000659. The zero-order valence-electron chi connectivity index (χ0n) is 18.5. The highest BCUT2D eigenvalue weighted by Crippen LogP contribution is 2.58. The molecule has 4 aromatic rings. The molecule has 0 bridgehead atoms. The summed E-state index contributed by atoms with van der Waals surface area (Å²) >= 11 is 0. The van der Waals surface area contributed by atoms with Crippen molar-refractivity contribution in [1.82, 2.24) is 0 Å². The van der Waals surface area contributed by atoms with Crippen LogP contribution in [-0.2, 0) is 6.16 Å². The third kappa shape index (κ3) is 5.31. The van der Waals surface area contributed by atoms with Gasteiger partial charge in [0.1, 0.15) is 35.1 Å². The van der Waals surface area contributed by atoms with E-state index in [1.54, 1.807) is 0 Å². The minimum atomic E-state index is -1.92. The number of para-hydroxylation sites is 1. The number of unbranched alkanes of at least 4 members (excludes halogenated alkanes) is 1. The fourth-order valence-electron chi connectivity index (χ4n) is 4.13. The second-order valence-electron chi connectivity index (χ2n) is 7.78. The van der Waals surface area contributed by atoms with Crippen LogP contribution in [0.15, 0.2) is 115 Å². The number of ether oxygens (including phenoxy) is 1. The summed E-state index contributed by atoms with van der Waals surface area (Å²) in [5.41, 5.74) is 1.28. The number of hydrogen-bond acceptors (Lipinski definition) is 1. The highest BCUT2D eigenvalue weighted by Gasteiger charge is 2.45. The second-order valence-corrected chi connectivity index (χ2v) is 11.3. The van der Waals surface area contributed by atoms with E-state index in [2.05, 4.69) is 122 Å². The van der Waals surface area contributed by atoms with Crippen molar-refractivity contribution in [3.63, 3.8) is 0 Å². The Kier molecular flexibility index (Phi) is 9.09. The van der Waals surface area contributed by atoms with Gasteiger partial charge in [-0.25, -0.2) is 0 Å². The molecule has 164 valence electrons. The van der Waals surface area contributed by atoms with Gasteiger partial charge in [-0.1, -0.05) is 86.1 Å². The molecule has 3 heteroatoms. The van der Waals surface area contributed by atoms with E-state index >= 15 is 0 Å². The fourth-order valence-corrected chi connectivity index (χ4v) is 8.38. The largest absolute Gasteiger partial charge is 1.00 e. The predicted octanol–water partition coefficient (Wildman–Crippen LogP) is 3.36. The maximum atomic E-state index is 6.25. The van der Waals surface area contributed by atoms with Gasteiger partial charge in [0.05, 0.1) is 6.61 Å². The number of rotatable bonds is 9. The van der Waals surface area contributed by atoms with Crippen LogP contribution in [0.3, 0.4) is 0 Å². The van der Waals surface area contributed by atoms with Crippen molar-refractivity contribution in [3.05, 3.63) is 121 Å². The first-order chi connectivity index (χ1) is 15.3. The molecule has 0 spiro atoms. The molecule has 0 amide bonds. The molecule has 0 saturated heterocycles. The van der Waals surface area contributed by atoms with Gasteiger partial charge in [0.15, 0.2) is 0 Å². The summed E-state index contributed by atoms with van der Waals surface area (Å²) in [6.07, 6.45) is 3.15. The van der Waals surface area contributed by atoms with Crippen LogP contribution in [0.25, 0.3) is 0 Å². The lowest BCUT2D eigenvalue weighted by atomic mass is 10.2. The van der Waals surface area contributed by atoms with Gasteiger partial charge < -0.3 is 21.7 Å². The topological polar surface area (TPSA) is 9.23 Å². The third-order valence-electron chi connectivity index (χ3n) is 5.73. The monoisotopic (exact) mass is 504 g/mol. The van der Waals surface area contributed by atoms with Crippen molar-refractivity contribution < 1.29 is 21.7 Å². The van der Waals surface area contributed by atoms with Gasteiger partial charge in [-0.05, 0) is 48.9 Å². The van der Waals surface area contributed by atoms with Crippen LogP contribution in [0, 0.1) is 0 Å².